The lowest BCUT2D eigenvalue weighted by molar-refractivity contribution is -0.927. The van der Waals surface area contributed by atoms with Gasteiger partial charge < -0.3 is 21.7 Å². The summed E-state index contributed by atoms with van der Waals surface area (Å²) in [5.41, 5.74) is 18.3. The third kappa shape index (κ3) is 5.33. The number of anilines is 2. The number of benzene rings is 1. The van der Waals surface area contributed by atoms with Crippen molar-refractivity contribution in [3.63, 3.8) is 0 Å². The first-order valence-electron chi connectivity index (χ1n) is 9.36. The first kappa shape index (κ1) is 20.8. The molecule has 7 N–H and O–H groups in total. The summed E-state index contributed by atoms with van der Waals surface area (Å²) in [6, 6.07) is 10.4. The Hall–Kier alpha value is -2.91. The van der Waals surface area contributed by atoms with Crippen molar-refractivity contribution >= 4 is 35.1 Å². The normalized spacial score (nSPS) is 22.3. The van der Waals surface area contributed by atoms with Crippen LogP contribution in [0.1, 0.15) is 28.9 Å². The maximum Gasteiger partial charge on any atom is 0.280 e. The minimum Gasteiger partial charge on any atom is -0.382 e. The van der Waals surface area contributed by atoms with E-state index in [1.807, 2.05) is 18.2 Å². The summed E-state index contributed by atoms with van der Waals surface area (Å²) >= 11 is 5.82. The highest BCUT2D eigenvalue weighted by Crippen LogP contribution is 2.22. The molecular weight excluding hydrogens is 392 g/mol. The van der Waals surface area contributed by atoms with Crippen LogP contribution in [0.3, 0.4) is 0 Å². The Morgan fingerprint density at radius 3 is 2.72 bits per heavy atom. The minimum absolute atomic E-state index is 0.0104. The fraction of sp³-hybridized carbons (Fsp3) is 0.368. The van der Waals surface area contributed by atoms with Crippen molar-refractivity contribution in [2.45, 2.75) is 25.4 Å². The van der Waals surface area contributed by atoms with E-state index in [2.05, 4.69) is 39.5 Å². The van der Waals surface area contributed by atoms with Crippen LogP contribution in [0, 0.1) is 0 Å². The molecule has 0 spiro atoms. The van der Waals surface area contributed by atoms with Gasteiger partial charge in [0.25, 0.3) is 5.91 Å². The molecule has 2 atom stereocenters. The van der Waals surface area contributed by atoms with Gasteiger partial charge in [-0.3, -0.25) is 10.1 Å². The molecule has 1 aliphatic rings. The van der Waals surface area contributed by atoms with Gasteiger partial charge in [-0.25, -0.2) is 15.0 Å². The molecule has 2 heterocycles. The minimum atomic E-state index is -0.629. The average Bonchev–Trinajstić information content (AvgIpc) is 2.65. The molecule has 0 saturated carbocycles. The van der Waals surface area contributed by atoms with Crippen LogP contribution < -0.4 is 22.5 Å². The fourth-order valence-corrected chi connectivity index (χ4v) is 3.81. The summed E-state index contributed by atoms with van der Waals surface area (Å²) in [6.07, 6.45) is 1.94. The highest BCUT2D eigenvalue weighted by molar-refractivity contribution is 6.31. The number of nitrogens with one attached hydrogen (secondary N) is 1. The van der Waals surface area contributed by atoms with Crippen molar-refractivity contribution in [1.29, 1.82) is 0 Å². The van der Waals surface area contributed by atoms with E-state index in [9.17, 15) is 4.79 Å². The van der Waals surface area contributed by atoms with Crippen LogP contribution in [-0.2, 0) is 6.54 Å². The second-order valence-corrected chi connectivity index (χ2v) is 7.93. The number of likely N-dealkylation sites (N-methyl/N-ethyl adjacent to an activating group) is 1. The number of aliphatic imine (C=N–C) groups is 1. The number of hydrogen-bond acceptors (Lipinski definition) is 6. The van der Waals surface area contributed by atoms with Gasteiger partial charge in [0.05, 0.1) is 13.6 Å². The van der Waals surface area contributed by atoms with E-state index >= 15 is 0 Å². The summed E-state index contributed by atoms with van der Waals surface area (Å²) in [6.45, 7) is 2.83. The lowest BCUT2D eigenvalue weighted by atomic mass is 10.0. The molecule has 3 rings (SSSR count). The molecule has 1 amide bonds. The summed E-state index contributed by atoms with van der Waals surface area (Å²) in [7, 11) is 2.22. The van der Waals surface area contributed by atoms with Gasteiger partial charge in [0.15, 0.2) is 28.4 Å². The molecule has 0 bridgehead atoms. The van der Waals surface area contributed by atoms with Crippen LogP contribution in [0.2, 0.25) is 5.15 Å². The molecule has 1 unspecified atom stereocenters. The average molecular weight is 418 g/mol. The molecule has 1 saturated heterocycles. The zero-order valence-corrected chi connectivity index (χ0v) is 17.1. The third-order valence-electron chi connectivity index (χ3n) is 4.98. The largest absolute Gasteiger partial charge is 0.382 e. The molecule has 9 nitrogen and oxygen atoms in total. The van der Waals surface area contributed by atoms with E-state index in [1.54, 1.807) is 0 Å². The molecular formula is C19H26ClN8O+. The van der Waals surface area contributed by atoms with Gasteiger partial charge in [0.1, 0.15) is 19.1 Å². The Kier molecular flexibility index (Phi) is 6.19. The van der Waals surface area contributed by atoms with Crippen LogP contribution in [-0.4, -0.2) is 52.5 Å². The lowest BCUT2D eigenvalue weighted by Crippen LogP contribution is -2.52. The van der Waals surface area contributed by atoms with Crippen LogP contribution >= 0.6 is 11.6 Å². The number of quaternary nitrogens is 1. The van der Waals surface area contributed by atoms with Gasteiger partial charge in [-0.15, -0.1) is 0 Å². The van der Waals surface area contributed by atoms with E-state index in [0.29, 0.717) is 0 Å². The molecule has 0 radical (unpaired) electrons. The number of guanidine groups is 1. The number of nitrogens with two attached hydrogens (primary N) is 3. The number of piperidine rings is 1. The molecule has 29 heavy (non-hydrogen) atoms. The zero-order valence-electron chi connectivity index (χ0n) is 16.3. The highest BCUT2D eigenvalue weighted by atomic mass is 35.5. The molecule has 1 aliphatic heterocycles. The monoisotopic (exact) mass is 417 g/mol. The van der Waals surface area contributed by atoms with Crippen molar-refractivity contribution < 1.29 is 9.28 Å². The number of likely N-dealkylation sites (tertiary alicyclic amines) is 1. The number of nitrogen functional groups attached to an aromatic ring is 2. The fourth-order valence-electron chi connectivity index (χ4n) is 3.69. The molecule has 0 aliphatic carbocycles. The second kappa shape index (κ2) is 8.62. The predicted octanol–water partition coefficient (Wildman–Crippen LogP) is 1.15. The first-order chi connectivity index (χ1) is 13.8. The summed E-state index contributed by atoms with van der Waals surface area (Å²) in [5.74, 6) is -0.778. The predicted molar refractivity (Wildman–Crippen MR) is 114 cm³/mol. The SMILES string of the molecule is C[N@@+]1(Cc2ccccc2)CCCC(N=C(N)NC(=O)c2nc(Cl)c(N)nc2N)C1. The number of carbonyl (C=O) groups excluding carboxylic acids is 1. The number of hydrogen-bond donors (Lipinski definition) is 4. The van der Waals surface area contributed by atoms with Crippen molar-refractivity contribution in [3.05, 3.63) is 46.7 Å². The number of nitrogens with zero attached hydrogens (tertiary/aromatic N) is 4. The van der Waals surface area contributed by atoms with Crippen molar-refractivity contribution in [1.82, 2.24) is 15.3 Å². The van der Waals surface area contributed by atoms with Gasteiger partial charge in [-0.1, -0.05) is 41.9 Å². The first-order valence-corrected chi connectivity index (χ1v) is 9.74. The molecule has 1 aromatic carbocycles. The number of aromatic nitrogens is 2. The standard InChI is InChI=1S/C19H25ClN8O/c1-28(10-12-6-3-2-4-7-12)9-5-8-13(11-28)24-19(23)27-18(29)14-16(21)26-17(22)15(20)25-14/h2-4,6-7,13H,5,8-11H2,1H3,(H6-,21,22,23,24,26,27,29)/p+1/t13?,28-/m0/s1. The quantitative estimate of drug-likeness (QED) is 0.333. The number of carbonyl (C=O) groups is 1. The smallest absolute Gasteiger partial charge is 0.280 e. The Bertz CT molecular complexity index is 920. The zero-order chi connectivity index (χ0) is 21.0. The number of halogens is 1. The van der Waals surface area contributed by atoms with Gasteiger partial charge in [0, 0.05) is 5.56 Å². The molecule has 2 aromatic rings. The topological polar surface area (TPSA) is 145 Å². The number of amides is 1. The summed E-state index contributed by atoms with van der Waals surface area (Å²) in [4.78, 5) is 24.6. The molecule has 1 aromatic heterocycles. The van der Waals surface area contributed by atoms with Crippen LogP contribution in [0.15, 0.2) is 35.3 Å². The van der Waals surface area contributed by atoms with Gasteiger partial charge >= 0.3 is 0 Å². The van der Waals surface area contributed by atoms with Crippen molar-refractivity contribution in [2.24, 2.45) is 10.7 Å². The second-order valence-electron chi connectivity index (χ2n) is 7.57. The Labute approximate surface area is 174 Å². The number of rotatable bonds is 4. The van der Waals surface area contributed by atoms with Crippen LogP contribution in [0.4, 0.5) is 11.6 Å². The Balaban J connectivity index is 1.66. The Morgan fingerprint density at radius 1 is 1.28 bits per heavy atom. The van der Waals surface area contributed by atoms with Crippen molar-refractivity contribution in [2.75, 3.05) is 31.6 Å². The molecule has 1 fully saturated rings. The van der Waals surface area contributed by atoms with Crippen LogP contribution in [0.5, 0.6) is 0 Å². The van der Waals surface area contributed by atoms with E-state index in [0.717, 1.165) is 37.0 Å². The maximum absolute atomic E-state index is 12.4. The van der Waals surface area contributed by atoms with E-state index in [1.165, 1.54) is 5.56 Å². The third-order valence-corrected chi connectivity index (χ3v) is 5.26. The van der Waals surface area contributed by atoms with E-state index in [4.69, 9.17) is 28.8 Å². The molecule has 154 valence electrons. The summed E-state index contributed by atoms with van der Waals surface area (Å²) < 4.78 is 0.866. The summed E-state index contributed by atoms with van der Waals surface area (Å²) in [5, 5.41) is 2.41. The van der Waals surface area contributed by atoms with Crippen molar-refractivity contribution in [3.8, 4) is 0 Å². The van der Waals surface area contributed by atoms with E-state index in [-0.39, 0.29) is 34.5 Å². The lowest BCUT2D eigenvalue weighted by Gasteiger charge is -2.40. The maximum atomic E-state index is 12.4. The van der Waals surface area contributed by atoms with Gasteiger partial charge in [-0.2, -0.15) is 0 Å². The van der Waals surface area contributed by atoms with Gasteiger partial charge in [0.2, 0.25) is 0 Å². The van der Waals surface area contributed by atoms with Crippen LogP contribution in [0.25, 0.3) is 0 Å². The highest BCUT2D eigenvalue weighted by Gasteiger charge is 2.31. The molecule has 10 heteroatoms. The Morgan fingerprint density at radius 2 is 2.00 bits per heavy atom. The van der Waals surface area contributed by atoms with Gasteiger partial charge in [-0.05, 0) is 12.8 Å². The van der Waals surface area contributed by atoms with E-state index < -0.39 is 5.91 Å².